The number of hydrogen-bond acceptors (Lipinski definition) is 3. The summed E-state index contributed by atoms with van der Waals surface area (Å²) in [5, 5.41) is 5.22. The molecule has 0 N–H and O–H groups in total. The molecular weight excluding hydrogens is 170 g/mol. The highest BCUT2D eigenvalue weighted by Crippen LogP contribution is 2.12. The monoisotopic (exact) mass is 179 g/mol. The van der Waals surface area contributed by atoms with Crippen molar-refractivity contribution in [1.82, 2.24) is 14.8 Å². The van der Waals surface area contributed by atoms with E-state index in [-0.39, 0.29) is 0 Å². The molecule has 0 radical (unpaired) electrons. The van der Waals surface area contributed by atoms with Crippen molar-refractivity contribution in [2.24, 2.45) is 0 Å². The van der Waals surface area contributed by atoms with Gasteiger partial charge in [-0.05, 0) is 13.0 Å². The third-order valence-electron chi connectivity index (χ3n) is 1.55. The molecule has 0 aliphatic rings. The van der Waals surface area contributed by atoms with Crippen molar-refractivity contribution in [2.45, 2.75) is 13.5 Å². The predicted octanol–water partition coefficient (Wildman–Crippen LogP) is 1.70. The molecule has 0 aliphatic carbocycles. The van der Waals surface area contributed by atoms with E-state index in [1.54, 1.807) is 17.5 Å². The number of aromatic nitrogens is 3. The Morgan fingerprint density at radius 2 is 2.50 bits per heavy atom. The fraction of sp³-hybridized carbons (Fsp3) is 0.250. The Morgan fingerprint density at radius 1 is 1.58 bits per heavy atom. The summed E-state index contributed by atoms with van der Waals surface area (Å²) in [6.45, 7) is 2.84. The van der Waals surface area contributed by atoms with Crippen LogP contribution in [0.3, 0.4) is 0 Å². The molecule has 2 aromatic rings. The summed E-state index contributed by atoms with van der Waals surface area (Å²) >= 11 is 1.71. The van der Waals surface area contributed by atoms with E-state index in [4.69, 9.17) is 0 Å². The predicted molar refractivity (Wildman–Crippen MR) is 48.2 cm³/mol. The van der Waals surface area contributed by atoms with Crippen molar-refractivity contribution >= 4 is 11.3 Å². The largest absolute Gasteiger partial charge is 0.267 e. The first-order valence-electron chi connectivity index (χ1n) is 3.73. The summed E-state index contributed by atoms with van der Waals surface area (Å²) in [4.78, 5) is 5.42. The first kappa shape index (κ1) is 7.49. The molecule has 0 aromatic carbocycles. The van der Waals surface area contributed by atoms with Gasteiger partial charge in [0.25, 0.3) is 0 Å². The van der Waals surface area contributed by atoms with Crippen LogP contribution in [0.4, 0.5) is 0 Å². The molecule has 2 rings (SSSR count). The summed E-state index contributed by atoms with van der Waals surface area (Å²) in [6, 6.07) is 1.92. The van der Waals surface area contributed by atoms with Crippen molar-refractivity contribution in [1.29, 1.82) is 0 Å². The summed E-state index contributed by atoms with van der Waals surface area (Å²) in [5.41, 5.74) is 0. The standard InChI is InChI=1S/C8H9N3S/c1-7-9-5-8(12-7)6-11-4-2-3-10-11/h2-5H,6H2,1H3. The van der Waals surface area contributed by atoms with Crippen LogP contribution in [-0.2, 0) is 6.54 Å². The molecule has 0 atom stereocenters. The van der Waals surface area contributed by atoms with Crippen LogP contribution in [0.15, 0.2) is 24.7 Å². The lowest BCUT2D eigenvalue weighted by atomic mass is 10.5. The van der Waals surface area contributed by atoms with Crippen LogP contribution < -0.4 is 0 Å². The van der Waals surface area contributed by atoms with Crippen molar-refractivity contribution < 1.29 is 0 Å². The Kier molecular flexibility index (Phi) is 1.91. The molecule has 2 heterocycles. The maximum absolute atomic E-state index is 4.17. The van der Waals surface area contributed by atoms with E-state index in [9.17, 15) is 0 Å². The average molecular weight is 179 g/mol. The van der Waals surface area contributed by atoms with E-state index < -0.39 is 0 Å². The minimum absolute atomic E-state index is 0.832. The highest BCUT2D eigenvalue weighted by molar-refractivity contribution is 7.11. The van der Waals surface area contributed by atoms with Gasteiger partial charge in [0, 0.05) is 23.5 Å². The van der Waals surface area contributed by atoms with Gasteiger partial charge in [-0.15, -0.1) is 11.3 Å². The fourth-order valence-corrected chi connectivity index (χ4v) is 1.82. The van der Waals surface area contributed by atoms with Gasteiger partial charge < -0.3 is 0 Å². The topological polar surface area (TPSA) is 30.7 Å². The van der Waals surface area contributed by atoms with Gasteiger partial charge in [-0.25, -0.2) is 4.98 Å². The minimum atomic E-state index is 0.832. The van der Waals surface area contributed by atoms with E-state index in [1.807, 2.05) is 30.1 Å². The molecule has 62 valence electrons. The van der Waals surface area contributed by atoms with E-state index in [0.29, 0.717) is 0 Å². The van der Waals surface area contributed by atoms with Crippen LogP contribution in [0, 0.1) is 6.92 Å². The molecule has 0 fully saturated rings. The lowest BCUT2D eigenvalue weighted by Gasteiger charge is -1.95. The van der Waals surface area contributed by atoms with Crippen LogP contribution >= 0.6 is 11.3 Å². The Hall–Kier alpha value is -1.16. The molecule has 0 unspecified atom stereocenters. The zero-order valence-electron chi connectivity index (χ0n) is 6.77. The van der Waals surface area contributed by atoms with Crippen molar-refractivity contribution in [3.8, 4) is 0 Å². The zero-order chi connectivity index (χ0) is 8.39. The zero-order valence-corrected chi connectivity index (χ0v) is 7.58. The first-order valence-corrected chi connectivity index (χ1v) is 4.55. The molecule has 0 amide bonds. The minimum Gasteiger partial charge on any atom is -0.267 e. The third kappa shape index (κ3) is 1.53. The molecule has 0 bridgehead atoms. The second-order valence-corrected chi connectivity index (χ2v) is 3.87. The average Bonchev–Trinajstić information content (AvgIpc) is 2.63. The SMILES string of the molecule is Cc1ncc(Cn2cccn2)s1. The smallest absolute Gasteiger partial charge is 0.0897 e. The van der Waals surface area contributed by atoms with Crippen LogP contribution in [-0.4, -0.2) is 14.8 Å². The van der Waals surface area contributed by atoms with Gasteiger partial charge in [-0.1, -0.05) is 0 Å². The summed E-state index contributed by atoms with van der Waals surface area (Å²) in [7, 11) is 0. The van der Waals surface area contributed by atoms with E-state index in [1.165, 1.54) is 4.88 Å². The molecule has 0 saturated carbocycles. The molecule has 0 saturated heterocycles. The summed E-state index contributed by atoms with van der Waals surface area (Å²) in [5.74, 6) is 0. The molecular formula is C8H9N3S. The summed E-state index contributed by atoms with van der Waals surface area (Å²) in [6.07, 6.45) is 5.64. The molecule has 2 aromatic heterocycles. The number of aryl methyl sites for hydroxylation is 1. The van der Waals surface area contributed by atoms with E-state index in [2.05, 4.69) is 10.1 Å². The molecule has 0 aliphatic heterocycles. The van der Waals surface area contributed by atoms with Crippen LogP contribution in [0.25, 0.3) is 0 Å². The Bertz CT molecular complexity index is 350. The second-order valence-electron chi connectivity index (χ2n) is 2.55. The first-order chi connectivity index (χ1) is 5.84. The maximum atomic E-state index is 4.17. The molecule has 0 spiro atoms. The second kappa shape index (κ2) is 3.06. The van der Waals surface area contributed by atoms with Crippen LogP contribution in [0.2, 0.25) is 0 Å². The van der Waals surface area contributed by atoms with Crippen molar-refractivity contribution in [2.75, 3.05) is 0 Å². The Balaban J connectivity index is 2.14. The highest BCUT2D eigenvalue weighted by Gasteiger charge is 1.98. The van der Waals surface area contributed by atoms with Gasteiger partial charge in [-0.2, -0.15) is 5.10 Å². The number of nitrogens with zero attached hydrogens (tertiary/aromatic N) is 3. The quantitative estimate of drug-likeness (QED) is 0.702. The number of hydrogen-bond donors (Lipinski definition) is 0. The van der Waals surface area contributed by atoms with Crippen molar-refractivity contribution in [3.05, 3.63) is 34.5 Å². The van der Waals surface area contributed by atoms with E-state index >= 15 is 0 Å². The van der Waals surface area contributed by atoms with Crippen LogP contribution in [0.5, 0.6) is 0 Å². The van der Waals surface area contributed by atoms with Gasteiger partial charge >= 0.3 is 0 Å². The normalized spacial score (nSPS) is 10.4. The van der Waals surface area contributed by atoms with Gasteiger partial charge in [0.2, 0.25) is 0 Å². The Morgan fingerprint density at radius 3 is 3.08 bits per heavy atom. The number of rotatable bonds is 2. The van der Waals surface area contributed by atoms with Crippen molar-refractivity contribution in [3.63, 3.8) is 0 Å². The summed E-state index contributed by atoms with van der Waals surface area (Å²) < 4.78 is 1.90. The van der Waals surface area contributed by atoms with Gasteiger partial charge in [0.15, 0.2) is 0 Å². The Labute approximate surface area is 74.7 Å². The highest BCUT2D eigenvalue weighted by atomic mass is 32.1. The molecule has 3 nitrogen and oxygen atoms in total. The lowest BCUT2D eigenvalue weighted by Crippen LogP contribution is -1.96. The lowest BCUT2D eigenvalue weighted by molar-refractivity contribution is 0.694. The van der Waals surface area contributed by atoms with Gasteiger partial charge in [0.05, 0.1) is 11.6 Å². The van der Waals surface area contributed by atoms with Crippen LogP contribution in [0.1, 0.15) is 9.88 Å². The molecule has 12 heavy (non-hydrogen) atoms. The third-order valence-corrected chi connectivity index (χ3v) is 2.44. The molecule has 4 heteroatoms. The van der Waals surface area contributed by atoms with Gasteiger partial charge in [0.1, 0.15) is 0 Å². The van der Waals surface area contributed by atoms with E-state index in [0.717, 1.165) is 11.6 Å². The van der Waals surface area contributed by atoms with Gasteiger partial charge in [-0.3, -0.25) is 4.68 Å². The number of thiazole rings is 1. The maximum Gasteiger partial charge on any atom is 0.0897 e. The fourth-order valence-electron chi connectivity index (χ4n) is 1.03.